The topological polar surface area (TPSA) is 101 Å². The van der Waals surface area contributed by atoms with Crippen LogP contribution in [0.3, 0.4) is 0 Å². The highest BCUT2D eigenvalue weighted by atomic mass is 35.5. The zero-order valence-electron chi connectivity index (χ0n) is 19.8. The van der Waals surface area contributed by atoms with Crippen molar-refractivity contribution in [2.75, 3.05) is 41.8 Å². The molecule has 0 spiro atoms. The van der Waals surface area contributed by atoms with Crippen molar-refractivity contribution in [1.29, 1.82) is 0 Å². The van der Waals surface area contributed by atoms with Gasteiger partial charge in [0.2, 0.25) is 5.75 Å². The number of ether oxygens (including phenoxy) is 2. The second kappa shape index (κ2) is 9.52. The number of benzene rings is 2. The maximum absolute atomic E-state index is 13.7. The summed E-state index contributed by atoms with van der Waals surface area (Å²) in [5.74, 6) is 0.392. The lowest BCUT2D eigenvalue weighted by atomic mass is 10.1. The predicted octanol–water partition coefficient (Wildman–Crippen LogP) is 4.55. The van der Waals surface area contributed by atoms with Crippen LogP contribution in [-0.4, -0.2) is 54.2 Å². The van der Waals surface area contributed by atoms with Gasteiger partial charge in [0.15, 0.2) is 5.82 Å². The predicted molar refractivity (Wildman–Crippen MR) is 134 cm³/mol. The number of piperazine rings is 1. The second-order valence-electron chi connectivity index (χ2n) is 9.25. The van der Waals surface area contributed by atoms with Crippen LogP contribution < -0.4 is 30.3 Å². The molecular weight excluding hydrogens is 525 g/mol. The van der Waals surface area contributed by atoms with Gasteiger partial charge in [-0.05, 0) is 42.8 Å². The van der Waals surface area contributed by atoms with Gasteiger partial charge in [-0.15, -0.1) is 0 Å². The van der Waals surface area contributed by atoms with Crippen molar-refractivity contribution in [2.45, 2.75) is 24.7 Å². The van der Waals surface area contributed by atoms with E-state index in [1.54, 1.807) is 6.07 Å². The maximum atomic E-state index is 13.7. The molecule has 1 amide bonds. The number of carbonyl (C=O) groups is 1. The standard InChI is InChI=1S/C25H22ClF3N6O3/c26-19-2-1-13(5-20(19)38-24-21-22(32-12-33-24)30-3-4-37-21)23(36)34-15-6-14(25(27,28)29)7-17(8-15)35-11-16-9-18(35)10-31-16/h1-2,5-8,12,16,18,31H,3-4,9-11H2,(H,34,36)(H,30,32,33)/t16-,18-/m0/s1. The lowest BCUT2D eigenvalue weighted by molar-refractivity contribution is -0.137. The number of anilines is 3. The van der Waals surface area contributed by atoms with Gasteiger partial charge in [0.05, 0.1) is 17.1 Å². The van der Waals surface area contributed by atoms with Crippen LogP contribution in [0.15, 0.2) is 42.7 Å². The molecule has 3 aromatic rings. The molecule has 3 N–H and O–H groups in total. The van der Waals surface area contributed by atoms with Gasteiger partial charge in [-0.1, -0.05) is 11.6 Å². The Morgan fingerprint density at radius 2 is 2.08 bits per heavy atom. The van der Waals surface area contributed by atoms with E-state index < -0.39 is 17.6 Å². The van der Waals surface area contributed by atoms with Crippen molar-refractivity contribution in [3.05, 3.63) is 58.9 Å². The number of carbonyl (C=O) groups excluding carboxylic acids is 1. The Hall–Kier alpha value is -3.77. The monoisotopic (exact) mass is 546 g/mol. The third-order valence-electron chi connectivity index (χ3n) is 6.70. The van der Waals surface area contributed by atoms with E-state index in [-0.39, 0.29) is 40.0 Å². The first-order chi connectivity index (χ1) is 18.2. The molecule has 0 unspecified atom stereocenters. The third kappa shape index (κ3) is 4.76. The molecule has 2 saturated heterocycles. The van der Waals surface area contributed by atoms with Gasteiger partial charge in [0.1, 0.15) is 18.7 Å². The lowest BCUT2D eigenvalue weighted by Gasteiger charge is -2.30. The maximum Gasteiger partial charge on any atom is 0.416 e. The van der Waals surface area contributed by atoms with Gasteiger partial charge in [0, 0.05) is 42.1 Å². The quantitative estimate of drug-likeness (QED) is 0.429. The van der Waals surface area contributed by atoms with E-state index >= 15 is 0 Å². The smallest absolute Gasteiger partial charge is 0.416 e. The van der Waals surface area contributed by atoms with Gasteiger partial charge in [0.25, 0.3) is 11.8 Å². The Balaban J connectivity index is 1.26. The van der Waals surface area contributed by atoms with E-state index in [1.165, 1.54) is 24.5 Å². The van der Waals surface area contributed by atoms with Crippen molar-refractivity contribution in [3.63, 3.8) is 0 Å². The van der Waals surface area contributed by atoms with Crippen LogP contribution in [0, 0.1) is 0 Å². The summed E-state index contributed by atoms with van der Waals surface area (Å²) in [6, 6.07) is 8.31. The highest BCUT2D eigenvalue weighted by molar-refractivity contribution is 6.32. The Kier molecular flexibility index (Phi) is 6.15. The van der Waals surface area contributed by atoms with Gasteiger partial charge in [-0.2, -0.15) is 18.2 Å². The first-order valence-electron chi connectivity index (χ1n) is 12.0. The number of hydrogen-bond acceptors (Lipinski definition) is 8. The summed E-state index contributed by atoms with van der Waals surface area (Å²) in [5.41, 5.74) is -0.234. The van der Waals surface area contributed by atoms with Crippen LogP contribution in [0.1, 0.15) is 22.3 Å². The van der Waals surface area contributed by atoms with Crippen LogP contribution in [0.25, 0.3) is 0 Å². The summed E-state index contributed by atoms with van der Waals surface area (Å²) in [6.45, 7) is 2.30. The Bertz CT molecular complexity index is 1410. The Morgan fingerprint density at radius 3 is 2.84 bits per heavy atom. The molecule has 9 nitrogen and oxygen atoms in total. The average Bonchev–Trinajstić information content (AvgIpc) is 3.54. The number of rotatable bonds is 5. The molecule has 3 aliphatic rings. The summed E-state index contributed by atoms with van der Waals surface area (Å²) in [5, 5.41) is 9.21. The number of amides is 1. The van der Waals surface area contributed by atoms with Crippen molar-refractivity contribution < 1.29 is 27.4 Å². The van der Waals surface area contributed by atoms with Crippen LogP contribution in [0.2, 0.25) is 5.02 Å². The van der Waals surface area contributed by atoms with E-state index in [9.17, 15) is 18.0 Å². The molecule has 2 atom stereocenters. The van der Waals surface area contributed by atoms with Crippen molar-refractivity contribution >= 4 is 34.7 Å². The normalized spacial score (nSPS) is 19.9. The van der Waals surface area contributed by atoms with E-state index in [0.717, 1.165) is 18.6 Å². The van der Waals surface area contributed by atoms with Gasteiger partial charge < -0.3 is 30.3 Å². The van der Waals surface area contributed by atoms with Gasteiger partial charge >= 0.3 is 6.18 Å². The minimum atomic E-state index is -4.57. The number of hydrogen-bond donors (Lipinski definition) is 3. The molecule has 6 rings (SSSR count). The first-order valence-corrected chi connectivity index (χ1v) is 12.3. The fourth-order valence-corrected chi connectivity index (χ4v) is 5.09. The average molecular weight is 547 g/mol. The number of halogens is 4. The minimum Gasteiger partial charge on any atom is -0.483 e. The van der Waals surface area contributed by atoms with E-state index in [4.69, 9.17) is 21.1 Å². The van der Waals surface area contributed by atoms with Crippen LogP contribution >= 0.6 is 11.6 Å². The molecule has 4 heterocycles. The highest BCUT2D eigenvalue weighted by Crippen LogP contribution is 2.40. The summed E-state index contributed by atoms with van der Waals surface area (Å²) >= 11 is 6.30. The molecular formula is C25H22ClF3N6O3. The third-order valence-corrected chi connectivity index (χ3v) is 7.02. The van der Waals surface area contributed by atoms with E-state index in [0.29, 0.717) is 43.5 Å². The molecule has 2 aromatic carbocycles. The molecule has 38 heavy (non-hydrogen) atoms. The number of alkyl halides is 3. The van der Waals surface area contributed by atoms with Crippen LogP contribution in [0.4, 0.5) is 30.4 Å². The second-order valence-corrected chi connectivity index (χ2v) is 9.65. The molecule has 13 heteroatoms. The molecule has 1 aromatic heterocycles. The lowest BCUT2D eigenvalue weighted by Crippen LogP contribution is -2.43. The van der Waals surface area contributed by atoms with Gasteiger partial charge in [-0.25, -0.2) is 4.98 Å². The summed E-state index contributed by atoms with van der Waals surface area (Å²) in [6.07, 6.45) is -2.39. The number of aromatic nitrogens is 2. The highest BCUT2D eigenvalue weighted by Gasteiger charge is 2.39. The summed E-state index contributed by atoms with van der Waals surface area (Å²) in [4.78, 5) is 23.3. The van der Waals surface area contributed by atoms with Gasteiger partial charge in [-0.3, -0.25) is 4.79 Å². The van der Waals surface area contributed by atoms with Crippen LogP contribution in [-0.2, 0) is 6.18 Å². The van der Waals surface area contributed by atoms with E-state index in [2.05, 4.69) is 25.9 Å². The SMILES string of the molecule is O=C(Nc1cc(N2C[C@@H]3C[C@H]2CN3)cc(C(F)(F)F)c1)c1ccc(Cl)c(Oc2ncnc3c2OCCN3)c1. The molecule has 2 fully saturated rings. The zero-order chi connectivity index (χ0) is 26.4. The molecule has 2 bridgehead atoms. The Morgan fingerprint density at radius 1 is 1.21 bits per heavy atom. The zero-order valence-corrected chi connectivity index (χ0v) is 20.6. The summed E-state index contributed by atoms with van der Waals surface area (Å²) in [7, 11) is 0. The van der Waals surface area contributed by atoms with Crippen molar-refractivity contribution in [2.24, 2.45) is 0 Å². The molecule has 0 aliphatic carbocycles. The van der Waals surface area contributed by atoms with Crippen molar-refractivity contribution in [1.82, 2.24) is 15.3 Å². The summed E-state index contributed by atoms with van der Waals surface area (Å²) < 4.78 is 52.6. The largest absolute Gasteiger partial charge is 0.483 e. The molecule has 0 saturated carbocycles. The number of fused-ring (bicyclic) bond motifs is 3. The molecule has 3 aliphatic heterocycles. The number of nitrogens with one attached hydrogen (secondary N) is 3. The fraction of sp³-hybridized carbons (Fsp3) is 0.320. The molecule has 198 valence electrons. The first kappa shape index (κ1) is 24.6. The molecule has 0 radical (unpaired) electrons. The van der Waals surface area contributed by atoms with Crippen molar-refractivity contribution in [3.8, 4) is 17.4 Å². The number of nitrogens with zero attached hydrogens (tertiary/aromatic N) is 3. The Labute approximate surface area is 220 Å². The van der Waals surface area contributed by atoms with E-state index in [1.807, 2.05) is 4.90 Å². The van der Waals surface area contributed by atoms with Crippen LogP contribution in [0.5, 0.6) is 17.4 Å². The fourth-order valence-electron chi connectivity index (χ4n) is 4.93. The minimum absolute atomic E-state index is 0.0392.